The zero-order chi connectivity index (χ0) is 15.5. The minimum atomic E-state index is 0.0721. The molecule has 22 heavy (non-hydrogen) atoms. The molecule has 3 rings (SSSR count). The Bertz CT molecular complexity index is 674. The fourth-order valence-corrected chi connectivity index (χ4v) is 2.94. The molecule has 0 aliphatic heterocycles. The molecule has 1 amide bonds. The van der Waals surface area contributed by atoms with Crippen LogP contribution in [0.5, 0.6) is 0 Å². The molecule has 1 saturated carbocycles. The van der Waals surface area contributed by atoms with Gasteiger partial charge in [-0.05, 0) is 54.7 Å². The van der Waals surface area contributed by atoms with Gasteiger partial charge in [-0.1, -0.05) is 27.5 Å². The van der Waals surface area contributed by atoms with Gasteiger partial charge in [-0.15, -0.1) is 0 Å². The lowest BCUT2D eigenvalue weighted by Crippen LogP contribution is -2.34. The maximum atomic E-state index is 12.8. The van der Waals surface area contributed by atoms with Crippen molar-refractivity contribution in [3.8, 4) is 0 Å². The van der Waals surface area contributed by atoms with Crippen LogP contribution >= 0.6 is 27.5 Å². The molecule has 1 aliphatic rings. The molecule has 0 radical (unpaired) electrons. The summed E-state index contributed by atoms with van der Waals surface area (Å²) in [5, 5.41) is 0.640. The van der Waals surface area contributed by atoms with E-state index in [0.717, 1.165) is 22.3 Å². The number of hydrogen-bond acceptors (Lipinski definition) is 2. The Morgan fingerprint density at radius 2 is 2.18 bits per heavy atom. The van der Waals surface area contributed by atoms with Crippen molar-refractivity contribution in [3.63, 3.8) is 0 Å². The van der Waals surface area contributed by atoms with Gasteiger partial charge in [-0.3, -0.25) is 9.78 Å². The van der Waals surface area contributed by atoms with Crippen LogP contribution in [0.4, 0.5) is 5.69 Å². The van der Waals surface area contributed by atoms with E-state index in [1.807, 2.05) is 35.2 Å². The van der Waals surface area contributed by atoms with E-state index in [9.17, 15) is 4.79 Å². The average molecular weight is 380 g/mol. The molecular weight excluding hydrogens is 364 g/mol. The highest BCUT2D eigenvalue weighted by Crippen LogP contribution is 2.32. The summed E-state index contributed by atoms with van der Waals surface area (Å²) < 4.78 is 0.905. The first-order valence-corrected chi connectivity index (χ1v) is 8.45. The number of benzene rings is 1. The summed E-state index contributed by atoms with van der Waals surface area (Å²) in [5.41, 5.74) is 1.76. The van der Waals surface area contributed by atoms with E-state index in [-0.39, 0.29) is 5.91 Å². The number of anilines is 1. The molecule has 1 aromatic heterocycles. The molecule has 0 atom stereocenters. The van der Waals surface area contributed by atoms with E-state index in [2.05, 4.69) is 20.9 Å². The Morgan fingerprint density at radius 1 is 1.36 bits per heavy atom. The molecule has 1 aromatic carbocycles. The number of aromatic nitrogens is 1. The van der Waals surface area contributed by atoms with E-state index in [0.29, 0.717) is 17.4 Å². The lowest BCUT2D eigenvalue weighted by molar-refractivity contribution is -0.118. The van der Waals surface area contributed by atoms with Gasteiger partial charge in [0.05, 0.1) is 18.3 Å². The normalized spacial score (nSPS) is 13.9. The van der Waals surface area contributed by atoms with Crippen LogP contribution < -0.4 is 4.90 Å². The van der Waals surface area contributed by atoms with Gasteiger partial charge < -0.3 is 4.90 Å². The number of rotatable bonds is 5. The van der Waals surface area contributed by atoms with Crippen LogP contribution in [0.15, 0.2) is 47.2 Å². The van der Waals surface area contributed by atoms with Gasteiger partial charge in [0.2, 0.25) is 5.91 Å². The molecule has 3 nitrogen and oxygen atoms in total. The van der Waals surface area contributed by atoms with E-state index in [1.54, 1.807) is 12.4 Å². The average Bonchev–Trinajstić information content (AvgIpc) is 3.33. The maximum absolute atomic E-state index is 12.8. The Kier molecular flexibility index (Phi) is 4.79. The standard InChI is InChI=1S/C17H16BrClN2O/c18-16-6-5-14(19)8-13(16)9-17(22)21(11-12-3-4-12)15-2-1-7-20-10-15/h1-2,5-8,10,12H,3-4,9,11H2. The van der Waals surface area contributed by atoms with Crippen LogP contribution in [0.2, 0.25) is 5.02 Å². The second-order valence-corrected chi connectivity index (χ2v) is 6.86. The summed E-state index contributed by atoms with van der Waals surface area (Å²) in [6.07, 6.45) is 6.18. The number of carbonyl (C=O) groups is 1. The van der Waals surface area contributed by atoms with Crippen LogP contribution in [0.3, 0.4) is 0 Å². The number of amides is 1. The van der Waals surface area contributed by atoms with E-state index >= 15 is 0 Å². The largest absolute Gasteiger partial charge is 0.310 e. The highest BCUT2D eigenvalue weighted by molar-refractivity contribution is 9.10. The lowest BCUT2D eigenvalue weighted by atomic mass is 10.1. The fourth-order valence-electron chi connectivity index (χ4n) is 2.36. The molecule has 0 unspecified atom stereocenters. The molecule has 0 spiro atoms. The van der Waals surface area contributed by atoms with Crippen LogP contribution in [0, 0.1) is 5.92 Å². The minimum Gasteiger partial charge on any atom is -0.310 e. The van der Waals surface area contributed by atoms with E-state index in [1.165, 1.54) is 12.8 Å². The molecule has 114 valence electrons. The number of hydrogen-bond donors (Lipinski definition) is 0. The quantitative estimate of drug-likeness (QED) is 0.767. The van der Waals surface area contributed by atoms with Crippen molar-refractivity contribution >= 4 is 39.1 Å². The number of halogens is 2. The summed E-state index contributed by atoms with van der Waals surface area (Å²) >= 11 is 9.52. The third kappa shape index (κ3) is 3.87. The zero-order valence-corrected chi connectivity index (χ0v) is 14.3. The molecular formula is C17H16BrClN2O. The van der Waals surface area contributed by atoms with E-state index in [4.69, 9.17) is 11.6 Å². The van der Waals surface area contributed by atoms with Crippen LogP contribution in [-0.4, -0.2) is 17.4 Å². The summed E-state index contributed by atoms with van der Waals surface area (Å²) in [4.78, 5) is 18.7. The van der Waals surface area contributed by atoms with Crippen molar-refractivity contribution < 1.29 is 4.79 Å². The molecule has 1 heterocycles. The molecule has 5 heteroatoms. The highest BCUT2D eigenvalue weighted by Gasteiger charge is 2.28. The number of pyridine rings is 1. The minimum absolute atomic E-state index is 0.0721. The Balaban J connectivity index is 1.81. The van der Waals surface area contributed by atoms with Crippen LogP contribution in [0.1, 0.15) is 18.4 Å². The van der Waals surface area contributed by atoms with Crippen molar-refractivity contribution in [3.05, 3.63) is 57.8 Å². The predicted molar refractivity (Wildman–Crippen MR) is 92.2 cm³/mol. The van der Waals surface area contributed by atoms with Crippen molar-refractivity contribution in [2.75, 3.05) is 11.4 Å². The SMILES string of the molecule is O=C(Cc1cc(Cl)ccc1Br)N(CC1CC1)c1cccnc1. The Labute approximate surface area is 143 Å². The summed E-state index contributed by atoms with van der Waals surface area (Å²) in [7, 11) is 0. The third-order valence-corrected chi connectivity index (χ3v) is 4.75. The molecule has 0 bridgehead atoms. The predicted octanol–water partition coefficient (Wildman–Crippen LogP) is 4.48. The van der Waals surface area contributed by atoms with Crippen molar-refractivity contribution in [1.29, 1.82) is 0 Å². The van der Waals surface area contributed by atoms with E-state index < -0.39 is 0 Å². The summed E-state index contributed by atoms with van der Waals surface area (Å²) in [5.74, 6) is 0.690. The molecule has 1 fully saturated rings. The molecule has 0 saturated heterocycles. The van der Waals surface area contributed by atoms with Gasteiger partial charge in [0.15, 0.2) is 0 Å². The number of carbonyl (C=O) groups excluding carboxylic acids is 1. The Morgan fingerprint density at radius 3 is 2.86 bits per heavy atom. The highest BCUT2D eigenvalue weighted by atomic mass is 79.9. The van der Waals surface area contributed by atoms with Gasteiger partial charge in [-0.25, -0.2) is 0 Å². The van der Waals surface area contributed by atoms with Gasteiger partial charge in [0, 0.05) is 22.2 Å². The van der Waals surface area contributed by atoms with Crippen molar-refractivity contribution in [2.24, 2.45) is 5.92 Å². The van der Waals surface area contributed by atoms with Gasteiger partial charge >= 0.3 is 0 Å². The summed E-state index contributed by atoms with van der Waals surface area (Å²) in [6, 6.07) is 9.31. The lowest BCUT2D eigenvalue weighted by Gasteiger charge is -2.23. The first-order valence-electron chi connectivity index (χ1n) is 7.28. The molecule has 0 N–H and O–H groups in total. The van der Waals surface area contributed by atoms with Crippen LogP contribution in [0.25, 0.3) is 0 Å². The van der Waals surface area contributed by atoms with Crippen LogP contribution in [-0.2, 0) is 11.2 Å². The second kappa shape index (κ2) is 6.80. The second-order valence-electron chi connectivity index (χ2n) is 5.57. The topological polar surface area (TPSA) is 33.2 Å². The van der Waals surface area contributed by atoms with Crippen molar-refractivity contribution in [1.82, 2.24) is 4.98 Å². The maximum Gasteiger partial charge on any atom is 0.231 e. The van der Waals surface area contributed by atoms with Crippen molar-refractivity contribution in [2.45, 2.75) is 19.3 Å². The summed E-state index contributed by atoms with van der Waals surface area (Å²) in [6.45, 7) is 0.767. The first kappa shape index (κ1) is 15.5. The van der Waals surface area contributed by atoms with Gasteiger partial charge in [0.1, 0.15) is 0 Å². The zero-order valence-electron chi connectivity index (χ0n) is 12.0. The van der Waals surface area contributed by atoms with Gasteiger partial charge in [0.25, 0.3) is 0 Å². The number of nitrogens with zero attached hydrogens (tertiary/aromatic N) is 2. The van der Waals surface area contributed by atoms with Gasteiger partial charge in [-0.2, -0.15) is 0 Å². The smallest absolute Gasteiger partial charge is 0.231 e. The Hall–Kier alpha value is -1.39. The monoisotopic (exact) mass is 378 g/mol. The molecule has 1 aliphatic carbocycles. The fraction of sp³-hybridized carbons (Fsp3) is 0.294. The third-order valence-electron chi connectivity index (χ3n) is 3.75. The molecule has 2 aromatic rings. The first-order chi connectivity index (χ1) is 10.6.